The van der Waals surface area contributed by atoms with E-state index < -0.39 is 17.7 Å². The van der Waals surface area contributed by atoms with Gasteiger partial charge in [-0.2, -0.15) is 0 Å². The molecular weight excluding hydrogens is 488 g/mol. The number of hydrogen-bond donors (Lipinski definition) is 1. The van der Waals surface area contributed by atoms with Crippen LogP contribution in [0.15, 0.2) is 66.5 Å². The average molecular weight is 519 g/mol. The van der Waals surface area contributed by atoms with Crippen molar-refractivity contribution in [1.82, 2.24) is 9.88 Å². The normalized spacial score (nSPS) is 16.6. The number of likely N-dealkylation sites (tertiary alicyclic amines) is 1. The summed E-state index contributed by atoms with van der Waals surface area (Å²) >= 11 is 0. The molecule has 1 aliphatic rings. The van der Waals surface area contributed by atoms with Crippen molar-refractivity contribution in [3.05, 3.63) is 83.2 Å². The molecule has 1 saturated heterocycles. The zero-order valence-corrected chi connectivity index (χ0v) is 21.9. The standard InChI is InChI=1S/C29H30N2O7/c1-17(2)38-21-10-8-19(9-11-21)26(32)24-25(20-13-22(35-3)28(37-5)23(14-20)36-4)31(29(34)27(24)33)16-18-7-6-12-30-15-18/h6-15,17,25,32H,16H2,1-5H3/b26-24-. The number of rotatable bonds is 9. The van der Waals surface area contributed by atoms with E-state index in [0.29, 0.717) is 34.1 Å². The fraction of sp³-hybridized carbons (Fsp3) is 0.276. The molecule has 1 unspecified atom stereocenters. The van der Waals surface area contributed by atoms with Crippen LogP contribution in [-0.4, -0.2) is 54.1 Å². The highest BCUT2D eigenvalue weighted by molar-refractivity contribution is 6.46. The summed E-state index contributed by atoms with van der Waals surface area (Å²) in [4.78, 5) is 32.3. The molecule has 0 radical (unpaired) electrons. The molecule has 0 saturated carbocycles. The second-order valence-electron chi connectivity index (χ2n) is 8.94. The number of carbonyl (C=O) groups is 2. The van der Waals surface area contributed by atoms with E-state index >= 15 is 0 Å². The molecule has 9 nitrogen and oxygen atoms in total. The molecule has 2 heterocycles. The largest absolute Gasteiger partial charge is 0.507 e. The summed E-state index contributed by atoms with van der Waals surface area (Å²) in [7, 11) is 4.45. The quantitative estimate of drug-likeness (QED) is 0.250. The molecule has 0 spiro atoms. The Bertz CT molecular complexity index is 1330. The summed E-state index contributed by atoms with van der Waals surface area (Å²) in [6, 6.07) is 12.7. The number of aliphatic hydroxyl groups excluding tert-OH is 1. The number of Topliss-reactive ketones (excluding diaryl/α,β-unsaturated/α-hetero) is 1. The van der Waals surface area contributed by atoms with E-state index in [1.807, 2.05) is 19.9 Å². The number of hydrogen-bond acceptors (Lipinski definition) is 8. The Labute approximate surface area is 221 Å². The lowest BCUT2D eigenvalue weighted by atomic mass is 9.94. The molecule has 1 amide bonds. The predicted molar refractivity (Wildman–Crippen MR) is 140 cm³/mol. The number of aliphatic hydroxyl groups is 1. The number of amides is 1. The third kappa shape index (κ3) is 5.13. The van der Waals surface area contributed by atoms with E-state index in [1.54, 1.807) is 54.9 Å². The first-order chi connectivity index (χ1) is 18.3. The van der Waals surface area contributed by atoms with Gasteiger partial charge in [0.25, 0.3) is 11.7 Å². The summed E-state index contributed by atoms with van der Waals surface area (Å²) in [5.41, 5.74) is 1.55. The maximum atomic E-state index is 13.4. The fourth-order valence-electron chi connectivity index (χ4n) is 4.46. The van der Waals surface area contributed by atoms with Gasteiger partial charge in [0, 0.05) is 24.5 Å². The van der Waals surface area contributed by atoms with Gasteiger partial charge < -0.3 is 29.0 Å². The first kappa shape index (κ1) is 26.5. The first-order valence-corrected chi connectivity index (χ1v) is 12.0. The van der Waals surface area contributed by atoms with Gasteiger partial charge in [0.05, 0.1) is 39.0 Å². The number of ether oxygens (including phenoxy) is 4. The van der Waals surface area contributed by atoms with Gasteiger partial charge in [-0.25, -0.2) is 0 Å². The van der Waals surface area contributed by atoms with Crippen molar-refractivity contribution in [1.29, 1.82) is 0 Å². The van der Waals surface area contributed by atoms with Gasteiger partial charge >= 0.3 is 0 Å². The van der Waals surface area contributed by atoms with Gasteiger partial charge in [0.1, 0.15) is 11.5 Å². The molecular formula is C29H30N2O7. The highest BCUT2D eigenvalue weighted by Crippen LogP contribution is 2.46. The third-order valence-electron chi connectivity index (χ3n) is 6.12. The van der Waals surface area contributed by atoms with Crippen LogP contribution < -0.4 is 18.9 Å². The zero-order valence-electron chi connectivity index (χ0n) is 21.9. The maximum Gasteiger partial charge on any atom is 0.295 e. The zero-order chi connectivity index (χ0) is 27.4. The number of benzene rings is 2. The van der Waals surface area contributed by atoms with Crippen LogP contribution in [0.3, 0.4) is 0 Å². The van der Waals surface area contributed by atoms with Gasteiger partial charge in [-0.1, -0.05) is 6.07 Å². The van der Waals surface area contributed by atoms with Crippen LogP contribution in [0.2, 0.25) is 0 Å². The summed E-state index contributed by atoms with van der Waals surface area (Å²) in [5.74, 6) is -0.153. The molecule has 0 bridgehead atoms. The summed E-state index contributed by atoms with van der Waals surface area (Å²) in [6.45, 7) is 3.92. The lowest BCUT2D eigenvalue weighted by molar-refractivity contribution is -0.140. The Kier molecular flexibility index (Phi) is 7.85. The number of pyridine rings is 1. The number of ketones is 1. The van der Waals surface area contributed by atoms with E-state index in [2.05, 4.69) is 4.98 Å². The maximum absolute atomic E-state index is 13.4. The molecule has 1 N–H and O–H groups in total. The average Bonchev–Trinajstić information content (AvgIpc) is 3.17. The molecule has 4 rings (SSSR count). The van der Waals surface area contributed by atoms with Crippen LogP contribution in [0.25, 0.3) is 5.76 Å². The number of nitrogens with zero attached hydrogens (tertiary/aromatic N) is 2. The minimum absolute atomic E-state index is 0.0210. The van der Waals surface area contributed by atoms with Crippen LogP contribution in [0, 0.1) is 0 Å². The Hall–Kier alpha value is -4.53. The molecule has 1 fully saturated rings. The van der Waals surface area contributed by atoms with E-state index in [9.17, 15) is 14.7 Å². The van der Waals surface area contributed by atoms with E-state index in [1.165, 1.54) is 26.2 Å². The summed E-state index contributed by atoms with van der Waals surface area (Å²) < 4.78 is 22.2. The van der Waals surface area contributed by atoms with Crippen molar-refractivity contribution in [2.24, 2.45) is 0 Å². The Morgan fingerprint density at radius 3 is 2.18 bits per heavy atom. The fourth-order valence-corrected chi connectivity index (χ4v) is 4.46. The van der Waals surface area contributed by atoms with Crippen LogP contribution in [-0.2, 0) is 16.1 Å². The Morgan fingerprint density at radius 2 is 1.66 bits per heavy atom. The lowest BCUT2D eigenvalue weighted by Gasteiger charge is -2.26. The van der Waals surface area contributed by atoms with Crippen LogP contribution in [0.4, 0.5) is 0 Å². The van der Waals surface area contributed by atoms with Gasteiger partial charge in [0.2, 0.25) is 5.75 Å². The van der Waals surface area contributed by atoms with Gasteiger partial charge in [-0.3, -0.25) is 14.6 Å². The summed E-state index contributed by atoms with van der Waals surface area (Å²) in [6.07, 6.45) is 3.23. The number of aromatic nitrogens is 1. The smallest absolute Gasteiger partial charge is 0.295 e. The first-order valence-electron chi connectivity index (χ1n) is 12.0. The molecule has 38 heavy (non-hydrogen) atoms. The monoisotopic (exact) mass is 518 g/mol. The molecule has 1 aromatic heterocycles. The highest BCUT2D eigenvalue weighted by Gasteiger charge is 2.46. The number of carbonyl (C=O) groups excluding carboxylic acids is 2. The van der Waals surface area contributed by atoms with Gasteiger partial charge in [-0.15, -0.1) is 0 Å². The summed E-state index contributed by atoms with van der Waals surface area (Å²) in [5, 5.41) is 11.4. The van der Waals surface area contributed by atoms with Crippen LogP contribution >= 0.6 is 0 Å². The van der Waals surface area contributed by atoms with Crippen molar-refractivity contribution < 1.29 is 33.6 Å². The third-order valence-corrected chi connectivity index (χ3v) is 6.12. The van der Waals surface area contributed by atoms with E-state index in [-0.39, 0.29) is 24.0 Å². The highest BCUT2D eigenvalue weighted by atomic mass is 16.5. The van der Waals surface area contributed by atoms with E-state index in [4.69, 9.17) is 18.9 Å². The van der Waals surface area contributed by atoms with Gasteiger partial charge in [0.15, 0.2) is 11.5 Å². The van der Waals surface area contributed by atoms with Crippen LogP contribution in [0.5, 0.6) is 23.0 Å². The van der Waals surface area contributed by atoms with E-state index in [0.717, 1.165) is 5.56 Å². The molecule has 0 aliphatic carbocycles. The van der Waals surface area contributed by atoms with Crippen LogP contribution in [0.1, 0.15) is 36.6 Å². The van der Waals surface area contributed by atoms with Crippen molar-refractivity contribution in [3.63, 3.8) is 0 Å². The molecule has 1 atom stereocenters. The lowest BCUT2D eigenvalue weighted by Crippen LogP contribution is -2.29. The van der Waals surface area contributed by atoms with Gasteiger partial charge in [-0.05, 0) is 67.4 Å². The minimum atomic E-state index is -0.935. The Balaban J connectivity index is 1.89. The van der Waals surface area contributed by atoms with Crippen molar-refractivity contribution in [2.45, 2.75) is 32.5 Å². The molecule has 1 aliphatic heterocycles. The van der Waals surface area contributed by atoms with Crippen molar-refractivity contribution >= 4 is 17.4 Å². The van der Waals surface area contributed by atoms with Crippen molar-refractivity contribution in [3.8, 4) is 23.0 Å². The SMILES string of the molecule is COc1cc(C2/C(=C(/O)c3ccc(OC(C)C)cc3)C(=O)C(=O)N2Cc2cccnc2)cc(OC)c1OC. The topological polar surface area (TPSA) is 107 Å². The number of methoxy groups -OCH3 is 3. The molecule has 2 aromatic carbocycles. The molecule has 198 valence electrons. The molecule has 3 aromatic rings. The van der Waals surface area contributed by atoms with Crippen molar-refractivity contribution in [2.75, 3.05) is 21.3 Å². The second-order valence-corrected chi connectivity index (χ2v) is 8.94. The predicted octanol–water partition coefficient (Wildman–Crippen LogP) is 4.52. The molecule has 9 heteroatoms. The second kappa shape index (κ2) is 11.2. The Morgan fingerprint density at radius 1 is 1.00 bits per heavy atom. The minimum Gasteiger partial charge on any atom is -0.507 e.